The predicted molar refractivity (Wildman–Crippen MR) is 95.4 cm³/mol. The summed E-state index contributed by atoms with van der Waals surface area (Å²) in [6.07, 6.45) is 3.36. The summed E-state index contributed by atoms with van der Waals surface area (Å²) in [7, 11) is 1.62. The van der Waals surface area contributed by atoms with Crippen molar-refractivity contribution in [1.29, 1.82) is 0 Å². The van der Waals surface area contributed by atoms with Crippen LogP contribution in [0.15, 0.2) is 41.5 Å². The molecule has 0 radical (unpaired) electrons. The summed E-state index contributed by atoms with van der Waals surface area (Å²) in [5.41, 5.74) is 1.15. The number of aryl methyl sites for hydroxylation is 1. The molecule has 0 aliphatic carbocycles. The number of nitrogens with zero attached hydrogens (tertiary/aromatic N) is 4. The predicted octanol–water partition coefficient (Wildman–Crippen LogP) is 1.03. The zero-order valence-corrected chi connectivity index (χ0v) is 14.4. The molecular formula is C18H19N5O3. The van der Waals surface area contributed by atoms with E-state index < -0.39 is 0 Å². The van der Waals surface area contributed by atoms with Gasteiger partial charge >= 0.3 is 0 Å². The molecule has 0 spiro atoms. The second kappa shape index (κ2) is 6.72. The van der Waals surface area contributed by atoms with E-state index in [1.54, 1.807) is 7.05 Å². The minimum absolute atomic E-state index is 0.0299. The van der Waals surface area contributed by atoms with Crippen LogP contribution in [0.4, 0.5) is 0 Å². The van der Waals surface area contributed by atoms with Gasteiger partial charge in [-0.2, -0.15) is 5.10 Å². The third-order valence-electron chi connectivity index (χ3n) is 4.47. The number of aromatic nitrogens is 4. The van der Waals surface area contributed by atoms with Gasteiger partial charge in [-0.1, -0.05) is 18.2 Å². The SMILES string of the molecule is Cn1cnc2c(C(=O)NCC3CCCO3)nn(-c3ccccc3)c2c1=O. The van der Waals surface area contributed by atoms with Crippen LogP contribution in [0.5, 0.6) is 0 Å². The van der Waals surface area contributed by atoms with Crippen LogP contribution in [0.3, 0.4) is 0 Å². The number of hydrogen-bond donors (Lipinski definition) is 1. The fourth-order valence-corrected chi connectivity index (χ4v) is 3.09. The molecule has 4 rings (SSSR count). The van der Waals surface area contributed by atoms with Gasteiger partial charge in [0.15, 0.2) is 11.2 Å². The third kappa shape index (κ3) is 2.88. The maximum absolute atomic E-state index is 12.7. The van der Waals surface area contributed by atoms with Gasteiger partial charge in [0.2, 0.25) is 0 Å². The topological polar surface area (TPSA) is 91.0 Å². The Bertz CT molecular complexity index is 1000. The van der Waals surface area contributed by atoms with Crippen molar-refractivity contribution in [2.45, 2.75) is 18.9 Å². The van der Waals surface area contributed by atoms with E-state index in [1.165, 1.54) is 15.6 Å². The summed E-state index contributed by atoms with van der Waals surface area (Å²) in [6, 6.07) is 9.22. The van der Waals surface area contributed by atoms with Crippen LogP contribution in [0.1, 0.15) is 23.3 Å². The minimum Gasteiger partial charge on any atom is -0.376 e. The van der Waals surface area contributed by atoms with Crippen LogP contribution in [0.2, 0.25) is 0 Å². The number of para-hydroxylation sites is 1. The highest BCUT2D eigenvalue weighted by Crippen LogP contribution is 2.18. The fraction of sp³-hybridized carbons (Fsp3) is 0.333. The lowest BCUT2D eigenvalue weighted by Gasteiger charge is -2.09. The molecule has 1 unspecified atom stereocenters. The number of hydrogen-bond acceptors (Lipinski definition) is 5. The molecule has 3 heterocycles. The van der Waals surface area contributed by atoms with Gasteiger partial charge < -0.3 is 14.6 Å². The molecule has 134 valence electrons. The lowest BCUT2D eigenvalue weighted by Crippen LogP contribution is -2.32. The van der Waals surface area contributed by atoms with Gasteiger partial charge in [-0.05, 0) is 25.0 Å². The van der Waals surface area contributed by atoms with Gasteiger partial charge in [0.1, 0.15) is 5.52 Å². The zero-order chi connectivity index (χ0) is 18.1. The molecule has 8 nitrogen and oxygen atoms in total. The van der Waals surface area contributed by atoms with Crippen LogP contribution in [-0.2, 0) is 11.8 Å². The summed E-state index contributed by atoms with van der Waals surface area (Å²) in [5, 5.41) is 7.24. The smallest absolute Gasteiger partial charge is 0.279 e. The highest BCUT2D eigenvalue weighted by atomic mass is 16.5. The fourth-order valence-electron chi connectivity index (χ4n) is 3.09. The first-order chi connectivity index (χ1) is 12.6. The molecule has 8 heteroatoms. The molecule has 1 fully saturated rings. The zero-order valence-electron chi connectivity index (χ0n) is 14.4. The second-order valence-corrected chi connectivity index (χ2v) is 6.30. The number of rotatable bonds is 4. The highest BCUT2D eigenvalue weighted by Gasteiger charge is 2.23. The Morgan fingerprint density at radius 1 is 1.35 bits per heavy atom. The number of carbonyl (C=O) groups excluding carboxylic acids is 1. The first kappa shape index (κ1) is 16.5. The summed E-state index contributed by atoms with van der Waals surface area (Å²) in [6.45, 7) is 1.15. The van der Waals surface area contributed by atoms with Crippen LogP contribution in [0.25, 0.3) is 16.7 Å². The monoisotopic (exact) mass is 353 g/mol. The molecule has 26 heavy (non-hydrogen) atoms. The van der Waals surface area contributed by atoms with Crippen molar-refractivity contribution in [3.05, 3.63) is 52.7 Å². The molecule has 1 aliphatic heterocycles. The summed E-state index contributed by atoms with van der Waals surface area (Å²) in [4.78, 5) is 29.6. The van der Waals surface area contributed by atoms with Gasteiger partial charge in [0.25, 0.3) is 11.5 Å². The Labute approximate surface area is 149 Å². The summed E-state index contributed by atoms with van der Waals surface area (Å²) < 4.78 is 8.38. The van der Waals surface area contributed by atoms with Crippen molar-refractivity contribution in [3.63, 3.8) is 0 Å². The van der Waals surface area contributed by atoms with Crippen molar-refractivity contribution < 1.29 is 9.53 Å². The molecule has 1 atom stereocenters. The average molecular weight is 353 g/mol. The number of ether oxygens (including phenoxy) is 1. The van der Waals surface area contributed by atoms with E-state index in [0.717, 1.165) is 19.4 Å². The van der Waals surface area contributed by atoms with Gasteiger partial charge in [-0.3, -0.25) is 9.59 Å². The largest absolute Gasteiger partial charge is 0.376 e. The molecule has 2 aromatic heterocycles. The summed E-state index contributed by atoms with van der Waals surface area (Å²) >= 11 is 0. The van der Waals surface area contributed by atoms with Gasteiger partial charge in [-0.15, -0.1) is 0 Å². The number of fused-ring (bicyclic) bond motifs is 1. The van der Waals surface area contributed by atoms with Crippen molar-refractivity contribution >= 4 is 16.9 Å². The van der Waals surface area contributed by atoms with Crippen molar-refractivity contribution in [1.82, 2.24) is 24.6 Å². The highest BCUT2D eigenvalue weighted by molar-refractivity contribution is 6.03. The van der Waals surface area contributed by atoms with Gasteiger partial charge in [0.05, 0.1) is 18.1 Å². The quantitative estimate of drug-likeness (QED) is 0.756. The molecule has 1 amide bonds. The molecule has 1 saturated heterocycles. The maximum atomic E-state index is 12.7. The number of nitrogens with one attached hydrogen (secondary N) is 1. The van der Waals surface area contributed by atoms with E-state index in [4.69, 9.17) is 4.74 Å². The van der Waals surface area contributed by atoms with Crippen LogP contribution in [-0.4, -0.2) is 44.5 Å². The number of amides is 1. The average Bonchev–Trinajstić information content (AvgIpc) is 3.31. The molecule has 1 N–H and O–H groups in total. The van der Waals surface area contributed by atoms with Gasteiger partial charge in [0, 0.05) is 20.2 Å². The van der Waals surface area contributed by atoms with Crippen LogP contribution < -0.4 is 10.9 Å². The standard InChI is InChI=1S/C18H19N5O3/c1-22-11-20-14-15(17(24)19-10-13-8-5-9-26-13)21-23(16(14)18(22)25)12-6-3-2-4-7-12/h2-4,6-7,11,13H,5,8-10H2,1H3,(H,19,24). The summed E-state index contributed by atoms with van der Waals surface area (Å²) in [5.74, 6) is -0.360. The van der Waals surface area contributed by atoms with Crippen molar-refractivity contribution in [2.75, 3.05) is 13.2 Å². The van der Waals surface area contributed by atoms with Crippen LogP contribution in [0, 0.1) is 0 Å². The van der Waals surface area contributed by atoms with E-state index >= 15 is 0 Å². The second-order valence-electron chi connectivity index (χ2n) is 6.30. The normalized spacial score (nSPS) is 16.9. The van der Waals surface area contributed by atoms with Crippen LogP contribution >= 0.6 is 0 Å². The van der Waals surface area contributed by atoms with E-state index in [0.29, 0.717) is 17.7 Å². The van der Waals surface area contributed by atoms with E-state index in [2.05, 4.69) is 15.4 Å². The molecule has 1 aliphatic rings. The molecule has 0 bridgehead atoms. The third-order valence-corrected chi connectivity index (χ3v) is 4.47. The first-order valence-electron chi connectivity index (χ1n) is 8.55. The Morgan fingerprint density at radius 2 is 2.15 bits per heavy atom. The number of benzene rings is 1. The van der Waals surface area contributed by atoms with E-state index in [9.17, 15) is 9.59 Å². The van der Waals surface area contributed by atoms with Crippen molar-refractivity contribution in [3.8, 4) is 5.69 Å². The Hall–Kier alpha value is -3.00. The van der Waals surface area contributed by atoms with Gasteiger partial charge in [-0.25, -0.2) is 9.67 Å². The number of carbonyl (C=O) groups is 1. The van der Waals surface area contributed by atoms with Crippen molar-refractivity contribution in [2.24, 2.45) is 7.05 Å². The van der Waals surface area contributed by atoms with E-state index in [-0.39, 0.29) is 28.8 Å². The lowest BCUT2D eigenvalue weighted by atomic mass is 10.2. The minimum atomic E-state index is -0.360. The Kier molecular flexibility index (Phi) is 4.26. The molecular weight excluding hydrogens is 334 g/mol. The molecule has 1 aromatic carbocycles. The molecule has 0 saturated carbocycles. The maximum Gasteiger partial charge on any atom is 0.279 e. The Balaban J connectivity index is 1.76. The lowest BCUT2D eigenvalue weighted by molar-refractivity contribution is 0.0854. The Morgan fingerprint density at radius 3 is 2.88 bits per heavy atom. The molecule has 3 aromatic rings. The first-order valence-corrected chi connectivity index (χ1v) is 8.55. The van der Waals surface area contributed by atoms with E-state index in [1.807, 2.05) is 30.3 Å².